The van der Waals surface area contributed by atoms with Gasteiger partial charge in [-0.15, -0.1) is 0 Å². The van der Waals surface area contributed by atoms with E-state index in [1.165, 1.54) is 12.7 Å². The maximum Gasteiger partial charge on any atom is 0.232 e. The quantitative estimate of drug-likeness (QED) is 0.811. The van der Waals surface area contributed by atoms with E-state index in [0.717, 1.165) is 5.69 Å². The number of anilines is 2. The van der Waals surface area contributed by atoms with Crippen LogP contribution in [0.2, 0.25) is 0 Å². The molecule has 5 nitrogen and oxygen atoms in total. The van der Waals surface area contributed by atoms with Gasteiger partial charge in [-0.3, -0.25) is 4.72 Å². The van der Waals surface area contributed by atoms with E-state index >= 15 is 0 Å². The Kier molecular flexibility index (Phi) is 5.50. The molecule has 0 saturated heterocycles. The molecule has 2 N–H and O–H groups in total. The van der Waals surface area contributed by atoms with Gasteiger partial charge in [0.1, 0.15) is 5.75 Å². The summed E-state index contributed by atoms with van der Waals surface area (Å²) in [7, 11) is -1.82. The number of hydrogen-bond acceptors (Lipinski definition) is 4. The predicted molar refractivity (Wildman–Crippen MR) is 94.6 cm³/mol. The minimum Gasteiger partial charge on any atom is -0.494 e. The molecule has 0 bridgehead atoms. The molecular weight excluding hydrogens is 312 g/mol. The molecule has 0 radical (unpaired) electrons. The summed E-state index contributed by atoms with van der Waals surface area (Å²) in [6, 6.07) is 15.5. The van der Waals surface area contributed by atoms with Crippen LogP contribution in [0.3, 0.4) is 0 Å². The van der Waals surface area contributed by atoms with Crippen LogP contribution in [-0.4, -0.2) is 21.3 Å². The highest BCUT2D eigenvalue weighted by Gasteiger charge is 2.12. The molecule has 0 amide bonds. The Balaban J connectivity index is 2.19. The Morgan fingerprint density at radius 2 is 1.83 bits per heavy atom. The lowest BCUT2D eigenvalue weighted by atomic mass is 10.1. The molecule has 2 rings (SSSR count). The van der Waals surface area contributed by atoms with Gasteiger partial charge >= 0.3 is 0 Å². The minimum absolute atomic E-state index is 0.0151. The molecular formula is C17H22N2O3S. The van der Waals surface area contributed by atoms with Gasteiger partial charge in [0.2, 0.25) is 10.0 Å². The van der Waals surface area contributed by atoms with Crippen molar-refractivity contribution in [2.24, 2.45) is 0 Å². The van der Waals surface area contributed by atoms with E-state index in [0.29, 0.717) is 11.4 Å². The Morgan fingerprint density at radius 1 is 1.13 bits per heavy atom. The van der Waals surface area contributed by atoms with Crippen molar-refractivity contribution in [3.63, 3.8) is 0 Å². The molecule has 0 aliphatic carbocycles. The zero-order valence-electron chi connectivity index (χ0n) is 13.5. The molecule has 2 aromatic carbocycles. The normalized spacial score (nSPS) is 12.5. The first-order chi connectivity index (χ1) is 10.9. The summed E-state index contributed by atoms with van der Waals surface area (Å²) in [6.07, 6.45) is 0. The Morgan fingerprint density at radius 3 is 2.43 bits per heavy atom. The number of rotatable bonds is 7. The van der Waals surface area contributed by atoms with Crippen LogP contribution in [0.5, 0.6) is 5.75 Å². The largest absolute Gasteiger partial charge is 0.494 e. The third-order valence-corrected chi connectivity index (χ3v) is 4.82. The molecule has 6 heteroatoms. The molecule has 1 unspecified atom stereocenters. The lowest BCUT2D eigenvalue weighted by Crippen LogP contribution is -2.15. The maximum absolute atomic E-state index is 11.7. The number of ether oxygens (including phenoxy) is 1. The summed E-state index contributed by atoms with van der Waals surface area (Å²) in [4.78, 5) is 0. The van der Waals surface area contributed by atoms with E-state index in [1.807, 2.05) is 24.3 Å². The first-order valence-corrected chi connectivity index (χ1v) is 9.10. The Bertz CT molecular complexity index is 746. The summed E-state index contributed by atoms with van der Waals surface area (Å²) in [5, 5.41) is 3.38. The first-order valence-electron chi connectivity index (χ1n) is 7.45. The molecule has 2 aromatic rings. The van der Waals surface area contributed by atoms with Crippen molar-refractivity contribution >= 4 is 21.4 Å². The van der Waals surface area contributed by atoms with Gasteiger partial charge in [0.15, 0.2) is 0 Å². The highest BCUT2D eigenvalue weighted by Crippen LogP contribution is 2.30. The van der Waals surface area contributed by atoms with E-state index < -0.39 is 10.0 Å². The monoisotopic (exact) mass is 334 g/mol. The molecule has 0 heterocycles. The average Bonchev–Trinajstić information content (AvgIpc) is 2.56. The van der Waals surface area contributed by atoms with Gasteiger partial charge in [0.05, 0.1) is 18.6 Å². The van der Waals surface area contributed by atoms with E-state index in [1.54, 1.807) is 19.1 Å². The third-order valence-electron chi connectivity index (χ3n) is 3.53. The van der Waals surface area contributed by atoms with Gasteiger partial charge in [-0.05, 0) is 31.5 Å². The zero-order valence-corrected chi connectivity index (χ0v) is 14.4. The summed E-state index contributed by atoms with van der Waals surface area (Å²) in [6.45, 7) is 3.65. The highest BCUT2D eigenvalue weighted by molar-refractivity contribution is 7.92. The van der Waals surface area contributed by atoms with Gasteiger partial charge < -0.3 is 10.1 Å². The zero-order chi connectivity index (χ0) is 16.9. The average molecular weight is 334 g/mol. The van der Waals surface area contributed by atoms with E-state index in [-0.39, 0.29) is 11.8 Å². The number of methoxy groups -OCH3 is 1. The molecule has 0 aromatic heterocycles. The highest BCUT2D eigenvalue weighted by atomic mass is 32.2. The van der Waals surface area contributed by atoms with Crippen LogP contribution < -0.4 is 14.8 Å². The van der Waals surface area contributed by atoms with Crippen LogP contribution in [-0.2, 0) is 10.0 Å². The fourth-order valence-electron chi connectivity index (χ4n) is 2.18. The van der Waals surface area contributed by atoms with Crippen molar-refractivity contribution in [3.05, 3.63) is 54.1 Å². The molecule has 124 valence electrons. The summed E-state index contributed by atoms with van der Waals surface area (Å²) >= 11 is 0. The second kappa shape index (κ2) is 7.37. The van der Waals surface area contributed by atoms with Crippen molar-refractivity contribution in [1.29, 1.82) is 0 Å². The topological polar surface area (TPSA) is 67.4 Å². The molecule has 0 spiro atoms. The number of hydrogen-bond donors (Lipinski definition) is 2. The predicted octanol–water partition coefficient (Wildman–Crippen LogP) is 3.63. The van der Waals surface area contributed by atoms with E-state index in [9.17, 15) is 8.42 Å². The lowest BCUT2D eigenvalue weighted by Gasteiger charge is -2.18. The Hall–Kier alpha value is -2.21. The fourth-order valence-corrected chi connectivity index (χ4v) is 2.83. The smallest absolute Gasteiger partial charge is 0.232 e. The standard InChI is InChI=1S/C17H22N2O3S/c1-4-23(20,21)19-16-11-10-15(12-17(16)22-3)18-13(2)14-8-6-5-7-9-14/h5-13,18-19H,4H2,1-3H3. The maximum atomic E-state index is 11.7. The summed E-state index contributed by atoms with van der Waals surface area (Å²) < 4.78 is 31.2. The van der Waals surface area contributed by atoms with Crippen molar-refractivity contribution < 1.29 is 13.2 Å². The number of benzene rings is 2. The van der Waals surface area contributed by atoms with Gasteiger partial charge in [0, 0.05) is 17.8 Å². The van der Waals surface area contributed by atoms with Gasteiger partial charge in [-0.25, -0.2) is 8.42 Å². The fraction of sp³-hybridized carbons (Fsp3) is 0.294. The van der Waals surface area contributed by atoms with Crippen molar-refractivity contribution in [2.75, 3.05) is 22.9 Å². The summed E-state index contributed by atoms with van der Waals surface area (Å²) in [5.41, 5.74) is 2.46. The van der Waals surface area contributed by atoms with Crippen LogP contribution in [0.1, 0.15) is 25.5 Å². The van der Waals surface area contributed by atoms with Crippen molar-refractivity contribution in [3.8, 4) is 5.75 Å². The van der Waals surface area contributed by atoms with E-state index in [2.05, 4.69) is 29.1 Å². The molecule has 1 atom stereocenters. The van der Waals surface area contributed by atoms with Crippen LogP contribution in [0, 0.1) is 0 Å². The van der Waals surface area contributed by atoms with Crippen LogP contribution in [0.4, 0.5) is 11.4 Å². The molecule has 0 aliphatic rings. The second-order valence-electron chi connectivity index (χ2n) is 5.20. The second-order valence-corrected chi connectivity index (χ2v) is 7.21. The van der Waals surface area contributed by atoms with E-state index in [4.69, 9.17) is 4.74 Å². The van der Waals surface area contributed by atoms with Crippen LogP contribution >= 0.6 is 0 Å². The van der Waals surface area contributed by atoms with Gasteiger partial charge in [-0.2, -0.15) is 0 Å². The SMILES string of the molecule is CCS(=O)(=O)Nc1ccc(NC(C)c2ccccc2)cc1OC. The van der Waals surface area contributed by atoms with Gasteiger partial charge in [0.25, 0.3) is 0 Å². The number of sulfonamides is 1. The first kappa shape index (κ1) is 17.1. The van der Waals surface area contributed by atoms with Crippen LogP contribution in [0.25, 0.3) is 0 Å². The van der Waals surface area contributed by atoms with Crippen molar-refractivity contribution in [1.82, 2.24) is 0 Å². The minimum atomic E-state index is -3.33. The molecule has 0 saturated carbocycles. The molecule has 0 aliphatic heterocycles. The third kappa shape index (κ3) is 4.63. The lowest BCUT2D eigenvalue weighted by molar-refractivity contribution is 0.417. The number of nitrogens with one attached hydrogen (secondary N) is 2. The van der Waals surface area contributed by atoms with Crippen LogP contribution in [0.15, 0.2) is 48.5 Å². The molecule has 23 heavy (non-hydrogen) atoms. The summed E-state index contributed by atoms with van der Waals surface area (Å²) in [5.74, 6) is 0.494. The molecule has 0 fully saturated rings. The Labute approximate surface area is 137 Å². The van der Waals surface area contributed by atoms with Crippen molar-refractivity contribution in [2.45, 2.75) is 19.9 Å². The van der Waals surface area contributed by atoms with Gasteiger partial charge in [-0.1, -0.05) is 30.3 Å².